The van der Waals surface area contributed by atoms with E-state index < -0.39 is 5.60 Å². The molecule has 0 fully saturated rings. The predicted molar refractivity (Wildman–Crippen MR) is 87.5 cm³/mol. The Balaban J connectivity index is 1.93. The zero-order valence-corrected chi connectivity index (χ0v) is 14.2. The lowest BCUT2D eigenvalue weighted by molar-refractivity contribution is -0.143. The molecule has 6 nitrogen and oxygen atoms in total. The van der Waals surface area contributed by atoms with Crippen LogP contribution in [0.5, 0.6) is 0 Å². The third kappa shape index (κ3) is 4.68. The number of allylic oxidation sites excluding steroid dienone is 1. The highest BCUT2D eigenvalue weighted by Crippen LogP contribution is 2.19. The average Bonchev–Trinajstić information content (AvgIpc) is 2.53. The summed E-state index contributed by atoms with van der Waals surface area (Å²) in [6.45, 7) is 7.09. The van der Waals surface area contributed by atoms with Gasteiger partial charge < -0.3 is 14.4 Å². The van der Waals surface area contributed by atoms with E-state index in [4.69, 9.17) is 9.47 Å². The van der Waals surface area contributed by atoms with E-state index in [-0.39, 0.29) is 18.0 Å². The van der Waals surface area contributed by atoms with Gasteiger partial charge in [0, 0.05) is 13.1 Å². The molecule has 0 bridgehead atoms. The van der Waals surface area contributed by atoms with Crippen molar-refractivity contribution >= 4 is 17.8 Å². The van der Waals surface area contributed by atoms with Crippen LogP contribution < -0.4 is 0 Å². The first kappa shape index (κ1) is 17.2. The number of methoxy groups -OCH3 is 1. The van der Waals surface area contributed by atoms with E-state index in [0.29, 0.717) is 19.6 Å². The van der Waals surface area contributed by atoms with Crippen LogP contribution in [0, 0.1) is 5.92 Å². The lowest BCUT2D eigenvalue weighted by Crippen LogP contribution is -2.39. The van der Waals surface area contributed by atoms with Crippen molar-refractivity contribution in [3.8, 4) is 0 Å². The van der Waals surface area contributed by atoms with Crippen LogP contribution in [-0.2, 0) is 14.3 Å². The summed E-state index contributed by atoms with van der Waals surface area (Å²) in [5, 5.41) is 0. The minimum absolute atomic E-state index is 0.266. The Morgan fingerprint density at radius 1 is 1.35 bits per heavy atom. The van der Waals surface area contributed by atoms with Crippen molar-refractivity contribution in [1.29, 1.82) is 0 Å². The van der Waals surface area contributed by atoms with Crippen LogP contribution in [0.25, 0.3) is 0 Å². The van der Waals surface area contributed by atoms with Crippen molar-refractivity contribution < 1.29 is 19.1 Å². The maximum absolute atomic E-state index is 12.0. The molecule has 2 rings (SSSR count). The van der Waals surface area contributed by atoms with Crippen LogP contribution in [0.3, 0.4) is 0 Å². The largest absolute Gasteiger partial charge is 0.469 e. The fourth-order valence-corrected chi connectivity index (χ4v) is 2.42. The summed E-state index contributed by atoms with van der Waals surface area (Å²) in [4.78, 5) is 29.6. The number of carbonyl (C=O) groups is 2. The second kappa shape index (κ2) is 6.98. The number of nitrogens with zero attached hydrogens (tertiary/aromatic N) is 2. The van der Waals surface area contributed by atoms with Crippen molar-refractivity contribution in [1.82, 2.24) is 4.90 Å². The number of amides is 1. The molecule has 0 saturated heterocycles. The van der Waals surface area contributed by atoms with E-state index in [2.05, 4.69) is 4.99 Å². The number of hydrogen-bond acceptors (Lipinski definition) is 5. The Morgan fingerprint density at radius 2 is 2.09 bits per heavy atom. The number of ether oxygens (including phenoxy) is 2. The van der Waals surface area contributed by atoms with Crippen molar-refractivity contribution in [2.75, 3.05) is 26.7 Å². The molecule has 1 unspecified atom stereocenters. The summed E-state index contributed by atoms with van der Waals surface area (Å²) in [6.07, 6.45) is 6.12. The fraction of sp³-hybridized carbons (Fsp3) is 0.588. The third-order valence-electron chi connectivity index (χ3n) is 3.64. The van der Waals surface area contributed by atoms with Crippen LogP contribution in [0.4, 0.5) is 4.79 Å². The van der Waals surface area contributed by atoms with E-state index in [1.165, 1.54) is 7.11 Å². The molecular weight excluding hydrogens is 296 g/mol. The highest BCUT2D eigenvalue weighted by molar-refractivity contribution is 6.09. The van der Waals surface area contributed by atoms with Gasteiger partial charge in [0.2, 0.25) is 0 Å². The van der Waals surface area contributed by atoms with E-state index >= 15 is 0 Å². The zero-order chi connectivity index (χ0) is 17.0. The molecule has 0 spiro atoms. The maximum atomic E-state index is 12.0. The monoisotopic (exact) mass is 320 g/mol. The number of rotatable bonds is 2. The van der Waals surface area contributed by atoms with Gasteiger partial charge in [-0.15, -0.1) is 0 Å². The molecule has 2 aliphatic heterocycles. The molecule has 2 aliphatic rings. The Labute approximate surface area is 136 Å². The molecule has 126 valence electrons. The average molecular weight is 320 g/mol. The Kier molecular flexibility index (Phi) is 5.23. The van der Waals surface area contributed by atoms with Crippen molar-refractivity contribution in [2.24, 2.45) is 10.9 Å². The van der Waals surface area contributed by atoms with Crippen LogP contribution in [0.1, 0.15) is 27.2 Å². The van der Waals surface area contributed by atoms with Gasteiger partial charge >= 0.3 is 12.1 Å². The van der Waals surface area contributed by atoms with E-state index in [1.807, 2.05) is 39.0 Å². The van der Waals surface area contributed by atoms with Gasteiger partial charge in [0.05, 0.1) is 25.3 Å². The van der Waals surface area contributed by atoms with Crippen LogP contribution in [-0.4, -0.2) is 55.0 Å². The number of esters is 1. The highest BCUT2D eigenvalue weighted by Gasteiger charge is 2.25. The summed E-state index contributed by atoms with van der Waals surface area (Å²) >= 11 is 0. The van der Waals surface area contributed by atoms with Gasteiger partial charge in [-0.3, -0.25) is 9.79 Å². The van der Waals surface area contributed by atoms with Crippen molar-refractivity contribution in [3.05, 3.63) is 23.8 Å². The third-order valence-corrected chi connectivity index (χ3v) is 3.64. The first-order valence-electron chi connectivity index (χ1n) is 7.78. The van der Waals surface area contributed by atoms with Crippen molar-refractivity contribution in [2.45, 2.75) is 32.8 Å². The van der Waals surface area contributed by atoms with E-state index in [1.54, 1.807) is 4.90 Å². The minimum Gasteiger partial charge on any atom is -0.469 e. The number of dihydropyridines is 1. The van der Waals surface area contributed by atoms with Crippen LogP contribution >= 0.6 is 0 Å². The van der Waals surface area contributed by atoms with Crippen LogP contribution in [0.2, 0.25) is 0 Å². The summed E-state index contributed by atoms with van der Waals surface area (Å²) in [5.74, 6) is -0.566. The minimum atomic E-state index is -0.486. The number of carbonyl (C=O) groups excluding carboxylic acids is 2. The second-order valence-corrected chi connectivity index (χ2v) is 6.62. The van der Waals surface area contributed by atoms with Gasteiger partial charge in [0.25, 0.3) is 0 Å². The van der Waals surface area contributed by atoms with E-state index in [9.17, 15) is 9.59 Å². The zero-order valence-electron chi connectivity index (χ0n) is 14.2. The molecule has 0 saturated carbocycles. The molecule has 1 atom stereocenters. The molecule has 0 aromatic rings. The molecule has 2 heterocycles. The molecule has 0 N–H and O–H groups in total. The Bertz CT molecular complexity index is 570. The fourth-order valence-electron chi connectivity index (χ4n) is 2.42. The molecule has 23 heavy (non-hydrogen) atoms. The van der Waals surface area contributed by atoms with E-state index in [0.717, 1.165) is 17.7 Å². The molecule has 0 aliphatic carbocycles. The molecule has 6 heteroatoms. The van der Waals surface area contributed by atoms with Gasteiger partial charge in [-0.2, -0.15) is 0 Å². The first-order chi connectivity index (χ1) is 10.8. The maximum Gasteiger partial charge on any atom is 0.410 e. The quantitative estimate of drug-likeness (QED) is 0.733. The predicted octanol–water partition coefficient (Wildman–Crippen LogP) is 2.35. The smallest absolute Gasteiger partial charge is 0.410 e. The lowest BCUT2D eigenvalue weighted by atomic mass is 9.98. The van der Waals surface area contributed by atoms with Gasteiger partial charge in [-0.25, -0.2) is 4.79 Å². The van der Waals surface area contributed by atoms with Crippen molar-refractivity contribution in [3.63, 3.8) is 0 Å². The molecule has 0 aromatic carbocycles. The lowest BCUT2D eigenvalue weighted by Gasteiger charge is -2.30. The second-order valence-electron chi connectivity index (χ2n) is 6.62. The molecule has 1 amide bonds. The SMILES string of the molecule is COC(=O)C1C=CC(C2=CCN(C(=O)OC(C)(C)C)CC2)=NC1. The number of hydrogen-bond donors (Lipinski definition) is 0. The number of aliphatic imine (C=N–C) groups is 1. The van der Waals surface area contributed by atoms with Crippen LogP contribution in [0.15, 0.2) is 28.8 Å². The van der Waals surface area contributed by atoms with Gasteiger partial charge in [0.15, 0.2) is 0 Å². The summed E-state index contributed by atoms with van der Waals surface area (Å²) in [6, 6.07) is 0. The normalized spacial score (nSPS) is 21.4. The molecular formula is C17H24N2O4. The summed E-state index contributed by atoms with van der Waals surface area (Å²) < 4.78 is 10.1. The van der Waals surface area contributed by atoms with Gasteiger partial charge in [0.1, 0.15) is 5.60 Å². The first-order valence-corrected chi connectivity index (χ1v) is 7.78. The Morgan fingerprint density at radius 3 is 2.57 bits per heavy atom. The topological polar surface area (TPSA) is 68.2 Å². The Hall–Kier alpha value is -2.11. The van der Waals surface area contributed by atoms with Gasteiger partial charge in [-0.1, -0.05) is 12.2 Å². The summed E-state index contributed by atoms with van der Waals surface area (Å²) in [5.41, 5.74) is 1.50. The van der Waals surface area contributed by atoms with Gasteiger partial charge in [-0.05, 0) is 38.8 Å². The molecule has 0 radical (unpaired) electrons. The summed E-state index contributed by atoms with van der Waals surface area (Å²) in [7, 11) is 1.38. The highest BCUT2D eigenvalue weighted by atomic mass is 16.6. The molecule has 0 aromatic heterocycles. The standard InChI is InChI=1S/C17H24N2O4/c1-17(2,3)23-16(21)19-9-7-12(8-10-19)14-6-5-13(11-18-14)15(20)22-4/h5-7,13H,8-11H2,1-4H3.